The van der Waals surface area contributed by atoms with E-state index in [0.29, 0.717) is 5.82 Å². The largest absolute Gasteiger partial charge is 0.383 e. The summed E-state index contributed by atoms with van der Waals surface area (Å²) in [6.45, 7) is 5.22. The van der Waals surface area contributed by atoms with E-state index in [-0.39, 0.29) is 0 Å². The Bertz CT molecular complexity index is 1160. The Morgan fingerprint density at radius 1 is 1.12 bits per heavy atom. The Kier molecular flexibility index (Phi) is 2.91. The summed E-state index contributed by atoms with van der Waals surface area (Å²) in [5.74, 6) is 0.503. The van der Waals surface area contributed by atoms with Crippen LogP contribution >= 0.6 is 0 Å². The lowest BCUT2D eigenvalue weighted by molar-refractivity contribution is 0.633. The van der Waals surface area contributed by atoms with Gasteiger partial charge in [-0.2, -0.15) is 0 Å². The number of nitrogens with zero attached hydrogens (tertiary/aromatic N) is 4. The van der Waals surface area contributed by atoms with Gasteiger partial charge in [0.25, 0.3) is 0 Å². The highest BCUT2D eigenvalue weighted by Crippen LogP contribution is 2.42. The first-order valence-electron chi connectivity index (χ1n) is 8.40. The fourth-order valence-corrected chi connectivity index (χ4v) is 3.84. The number of hydrogen-bond acceptors (Lipinski definition) is 4. The molecule has 1 aliphatic heterocycles. The van der Waals surface area contributed by atoms with Crippen molar-refractivity contribution in [2.75, 3.05) is 5.73 Å². The fraction of sp³-hybridized carbons (Fsp3) is 0.150. The molecule has 3 aromatic heterocycles. The molecule has 0 atom stereocenters. The smallest absolute Gasteiger partial charge is 0.146 e. The van der Waals surface area contributed by atoms with Crippen LogP contribution in [0.5, 0.6) is 0 Å². The quantitative estimate of drug-likeness (QED) is 0.573. The SMILES string of the molecule is C=C1CCCn2c1c(-c1cnc3ccccc3c1)c1c(N)ncnc12. The Hall–Kier alpha value is -3.21. The zero-order valence-corrected chi connectivity index (χ0v) is 13.7. The van der Waals surface area contributed by atoms with Crippen LogP contribution < -0.4 is 5.73 Å². The van der Waals surface area contributed by atoms with Crippen LogP contribution in [-0.4, -0.2) is 19.5 Å². The first-order chi connectivity index (χ1) is 12.2. The Morgan fingerprint density at radius 3 is 2.92 bits per heavy atom. The second-order valence-electron chi connectivity index (χ2n) is 6.46. The molecular formula is C20H17N5. The molecule has 4 aromatic rings. The van der Waals surface area contributed by atoms with Crippen molar-refractivity contribution < 1.29 is 0 Å². The third-order valence-corrected chi connectivity index (χ3v) is 4.94. The number of nitrogens with two attached hydrogens (primary N) is 1. The van der Waals surface area contributed by atoms with Crippen molar-refractivity contribution >= 4 is 33.3 Å². The van der Waals surface area contributed by atoms with Gasteiger partial charge in [0.2, 0.25) is 0 Å². The highest BCUT2D eigenvalue weighted by Gasteiger charge is 2.26. The second-order valence-corrected chi connectivity index (χ2v) is 6.46. The van der Waals surface area contributed by atoms with Gasteiger partial charge in [0, 0.05) is 29.3 Å². The number of benzene rings is 1. The molecule has 1 aromatic carbocycles. The van der Waals surface area contributed by atoms with Crippen LogP contribution in [0.1, 0.15) is 18.5 Å². The van der Waals surface area contributed by atoms with Crippen molar-refractivity contribution in [3.05, 3.63) is 55.1 Å². The van der Waals surface area contributed by atoms with E-state index in [2.05, 4.69) is 38.2 Å². The number of aromatic nitrogens is 4. The summed E-state index contributed by atoms with van der Waals surface area (Å²) in [6, 6.07) is 10.3. The first-order valence-corrected chi connectivity index (χ1v) is 8.40. The molecule has 5 rings (SSSR count). The highest BCUT2D eigenvalue weighted by atomic mass is 15.1. The average Bonchev–Trinajstić information content (AvgIpc) is 2.99. The van der Waals surface area contributed by atoms with Gasteiger partial charge in [-0.05, 0) is 30.5 Å². The van der Waals surface area contributed by atoms with Crippen molar-refractivity contribution in [3.63, 3.8) is 0 Å². The summed E-state index contributed by atoms with van der Waals surface area (Å²) in [7, 11) is 0. The molecule has 0 bridgehead atoms. The van der Waals surface area contributed by atoms with E-state index < -0.39 is 0 Å². The molecule has 25 heavy (non-hydrogen) atoms. The molecule has 122 valence electrons. The molecule has 0 fully saturated rings. The van der Waals surface area contributed by atoms with Crippen molar-refractivity contribution in [1.82, 2.24) is 19.5 Å². The molecule has 0 saturated carbocycles. The van der Waals surface area contributed by atoms with Gasteiger partial charge in [0.05, 0.1) is 16.6 Å². The zero-order valence-electron chi connectivity index (χ0n) is 13.7. The van der Waals surface area contributed by atoms with Gasteiger partial charge in [0.1, 0.15) is 17.8 Å². The van der Waals surface area contributed by atoms with Gasteiger partial charge in [0.15, 0.2) is 0 Å². The topological polar surface area (TPSA) is 69.6 Å². The van der Waals surface area contributed by atoms with Crippen LogP contribution in [0.3, 0.4) is 0 Å². The molecule has 4 heterocycles. The lowest BCUT2D eigenvalue weighted by Gasteiger charge is -2.19. The van der Waals surface area contributed by atoms with Crippen molar-refractivity contribution in [1.29, 1.82) is 0 Å². The zero-order chi connectivity index (χ0) is 17.0. The van der Waals surface area contributed by atoms with Crippen molar-refractivity contribution in [2.24, 2.45) is 0 Å². The molecule has 0 radical (unpaired) electrons. The summed E-state index contributed by atoms with van der Waals surface area (Å²) < 4.78 is 2.23. The lowest BCUT2D eigenvalue weighted by Crippen LogP contribution is -2.09. The number of pyridine rings is 1. The van der Waals surface area contributed by atoms with E-state index in [1.807, 2.05) is 24.4 Å². The highest BCUT2D eigenvalue weighted by molar-refractivity contribution is 6.06. The summed E-state index contributed by atoms with van der Waals surface area (Å²) >= 11 is 0. The van der Waals surface area contributed by atoms with E-state index >= 15 is 0 Å². The van der Waals surface area contributed by atoms with Crippen LogP contribution in [-0.2, 0) is 6.54 Å². The van der Waals surface area contributed by atoms with E-state index in [1.165, 1.54) is 6.33 Å². The van der Waals surface area contributed by atoms with Crippen molar-refractivity contribution in [2.45, 2.75) is 19.4 Å². The molecule has 1 aliphatic rings. The number of hydrogen-bond donors (Lipinski definition) is 1. The molecular weight excluding hydrogens is 310 g/mol. The number of fused-ring (bicyclic) bond motifs is 4. The molecule has 0 spiro atoms. The Labute approximate surface area is 144 Å². The molecule has 0 unspecified atom stereocenters. The maximum Gasteiger partial charge on any atom is 0.146 e. The minimum Gasteiger partial charge on any atom is -0.383 e. The van der Waals surface area contributed by atoms with Crippen LogP contribution in [0.2, 0.25) is 0 Å². The molecule has 5 heteroatoms. The number of allylic oxidation sites excluding steroid dienone is 1. The second kappa shape index (κ2) is 5.14. The molecule has 0 aliphatic carbocycles. The van der Waals surface area contributed by atoms with Crippen LogP contribution in [0.4, 0.5) is 5.82 Å². The van der Waals surface area contributed by atoms with E-state index in [1.54, 1.807) is 0 Å². The van der Waals surface area contributed by atoms with E-state index in [4.69, 9.17) is 5.73 Å². The third-order valence-electron chi connectivity index (χ3n) is 4.94. The number of para-hydroxylation sites is 1. The normalized spacial score (nSPS) is 14.2. The Balaban J connectivity index is 1.91. The average molecular weight is 327 g/mol. The van der Waals surface area contributed by atoms with Crippen molar-refractivity contribution in [3.8, 4) is 11.1 Å². The van der Waals surface area contributed by atoms with E-state index in [0.717, 1.165) is 63.7 Å². The molecule has 0 amide bonds. The van der Waals surface area contributed by atoms with Gasteiger partial charge in [-0.3, -0.25) is 4.98 Å². The van der Waals surface area contributed by atoms with Gasteiger partial charge >= 0.3 is 0 Å². The van der Waals surface area contributed by atoms with Gasteiger partial charge in [-0.1, -0.05) is 24.8 Å². The summed E-state index contributed by atoms with van der Waals surface area (Å²) in [4.78, 5) is 13.4. The van der Waals surface area contributed by atoms with Gasteiger partial charge < -0.3 is 10.3 Å². The standard InChI is InChI=1S/C20H17N5/c1-12-5-4-8-25-18(12)16(17-19(21)23-11-24-20(17)25)14-9-13-6-2-3-7-15(13)22-10-14/h2-3,6-7,9-11H,1,4-5,8H2,(H2,21,23,24). The number of aryl methyl sites for hydroxylation is 1. The van der Waals surface area contributed by atoms with Gasteiger partial charge in [-0.25, -0.2) is 9.97 Å². The summed E-state index contributed by atoms with van der Waals surface area (Å²) in [5.41, 5.74) is 12.4. The number of rotatable bonds is 1. The maximum absolute atomic E-state index is 6.25. The minimum absolute atomic E-state index is 0.503. The minimum atomic E-state index is 0.503. The number of anilines is 1. The van der Waals surface area contributed by atoms with E-state index in [9.17, 15) is 0 Å². The predicted octanol–water partition coefficient (Wildman–Crippen LogP) is 4.04. The van der Waals surface area contributed by atoms with Crippen LogP contribution in [0, 0.1) is 0 Å². The monoisotopic (exact) mass is 327 g/mol. The van der Waals surface area contributed by atoms with Crippen LogP contribution in [0.15, 0.2) is 49.4 Å². The fourth-order valence-electron chi connectivity index (χ4n) is 3.84. The Morgan fingerprint density at radius 2 is 2.00 bits per heavy atom. The van der Waals surface area contributed by atoms with Gasteiger partial charge in [-0.15, -0.1) is 0 Å². The maximum atomic E-state index is 6.25. The number of nitrogen functional groups attached to an aromatic ring is 1. The van der Waals surface area contributed by atoms with Crippen LogP contribution in [0.25, 0.3) is 38.6 Å². The molecule has 5 nitrogen and oxygen atoms in total. The summed E-state index contributed by atoms with van der Waals surface area (Å²) in [5, 5.41) is 2.00. The molecule has 2 N–H and O–H groups in total. The lowest BCUT2D eigenvalue weighted by atomic mass is 9.96. The third kappa shape index (κ3) is 1.99. The first kappa shape index (κ1) is 14.2. The predicted molar refractivity (Wildman–Crippen MR) is 101 cm³/mol. The summed E-state index contributed by atoms with van der Waals surface area (Å²) in [6.07, 6.45) is 5.49. The molecule has 0 saturated heterocycles.